The Hall–Kier alpha value is -2.04. The van der Waals surface area contributed by atoms with Crippen molar-refractivity contribution >= 4 is 11.9 Å². The normalized spacial score (nSPS) is 9.81. The van der Waals surface area contributed by atoms with Crippen molar-refractivity contribution in [1.29, 1.82) is 0 Å². The standard InChI is InChI=1S/C11H14N2O3/c1-3-6-12(2)10(14)8-13-7-4-5-9(13)11(15)16/h3-5,7H,1,6,8H2,2H3,(H,15,16). The Bertz CT molecular complexity index is 409. The van der Waals surface area contributed by atoms with Crippen LogP contribution in [0.15, 0.2) is 31.0 Å². The van der Waals surface area contributed by atoms with E-state index in [1.54, 1.807) is 25.4 Å². The molecule has 5 nitrogen and oxygen atoms in total. The molecule has 1 amide bonds. The smallest absolute Gasteiger partial charge is 0.352 e. The summed E-state index contributed by atoms with van der Waals surface area (Å²) in [5, 5.41) is 8.85. The van der Waals surface area contributed by atoms with Gasteiger partial charge in [-0.2, -0.15) is 0 Å². The van der Waals surface area contributed by atoms with E-state index in [9.17, 15) is 9.59 Å². The number of likely N-dealkylation sites (N-methyl/N-ethyl adjacent to an activating group) is 1. The number of carbonyl (C=O) groups excluding carboxylic acids is 1. The van der Waals surface area contributed by atoms with Crippen LogP contribution in [-0.4, -0.2) is 40.0 Å². The Morgan fingerprint density at radius 1 is 1.62 bits per heavy atom. The number of hydrogen-bond donors (Lipinski definition) is 1. The predicted molar refractivity (Wildman–Crippen MR) is 59.2 cm³/mol. The van der Waals surface area contributed by atoms with Crippen LogP contribution in [-0.2, 0) is 11.3 Å². The molecule has 0 aliphatic heterocycles. The van der Waals surface area contributed by atoms with E-state index in [1.807, 2.05) is 0 Å². The second-order valence-electron chi connectivity index (χ2n) is 3.39. The van der Waals surface area contributed by atoms with E-state index < -0.39 is 5.97 Å². The van der Waals surface area contributed by atoms with Gasteiger partial charge in [0.15, 0.2) is 0 Å². The number of rotatable bonds is 5. The molecule has 1 heterocycles. The molecule has 0 unspecified atom stereocenters. The fraction of sp³-hybridized carbons (Fsp3) is 0.273. The zero-order chi connectivity index (χ0) is 12.1. The molecule has 0 aromatic carbocycles. The third-order valence-corrected chi connectivity index (χ3v) is 2.18. The van der Waals surface area contributed by atoms with E-state index in [1.165, 1.54) is 15.5 Å². The van der Waals surface area contributed by atoms with E-state index in [0.717, 1.165) is 0 Å². The summed E-state index contributed by atoms with van der Waals surface area (Å²) in [4.78, 5) is 23.9. The third-order valence-electron chi connectivity index (χ3n) is 2.18. The number of carboxylic acid groups (broad SMARTS) is 1. The Morgan fingerprint density at radius 3 is 2.88 bits per heavy atom. The van der Waals surface area contributed by atoms with Crippen LogP contribution in [0, 0.1) is 0 Å². The van der Waals surface area contributed by atoms with Crippen LogP contribution in [0.1, 0.15) is 10.5 Å². The summed E-state index contributed by atoms with van der Waals surface area (Å²) in [5.41, 5.74) is 0.111. The van der Waals surface area contributed by atoms with Gasteiger partial charge in [-0.3, -0.25) is 4.79 Å². The quantitative estimate of drug-likeness (QED) is 0.750. The molecule has 1 rings (SSSR count). The summed E-state index contributed by atoms with van der Waals surface area (Å²) < 4.78 is 1.41. The van der Waals surface area contributed by atoms with Gasteiger partial charge in [-0.25, -0.2) is 4.79 Å². The zero-order valence-electron chi connectivity index (χ0n) is 9.09. The Kier molecular flexibility index (Phi) is 3.88. The van der Waals surface area contributed by atoms with Crippen molar-refractivity contribution in [2.45, 2.75) is 6.54 Å². The fourth-order valence-electron chi connectivity index (χ4n) is 1.31. The second kappa shape index (κ2) is 5.16. The molecule has 0 aliphatic rings. The average molecular weight is 222 g/mol. The molecule has 0 radical (unpaired) electrons. The van der Waals surface area contributed by atoms with Gasteiger partial charge in [-0.05, 0) is 12.1 Å². The highest BCUT2D eigenvalue weighted by Crippen LogP contribution is 2.03. The minimum absolute atomic E-state index is 0.0268. The van der Waals surface area contributed by atoms with Crippen molar-refractivity contribution in [2.75, 3.05) is 13.6 Å². The van der Waals surface area contributed by atoms with Crippen molar-refractivity contribution in [3.05, 3.63) is 36.7 Å². The van der Waals surface area contributed by atoms with Gasteiger partial charge in [0.25, 0.3) is 0 Å². The van der Waals surface area contributed by atoms with Crippen LogP contribution < -0.4 is 0 Å². The van der Waals surface area contributed by atoms with Crippen LogP contribution in [0.2, 0.25) is 0 Å². The van der Waals surface area contributed by atoms with Crippen molar-refractivity contribution in [1.82, 2.24) is 9.47 Å². The molecule has 0 atom stereocenters. The molecule has 1 N–H and O–H groups in total. The topological polar surface area (TPSA) is 62.5 Å². The molecule has 16 heavy (non-hydrogen) atoms. The van der Waals surface area contributed by atoms with Gasteiger partial charge in [0.05, 0.1) is 0 Å². The maximum atomic E-state index is 11.6. The van der Waals surface area contributed by atoms with Crippen molar-refractivity contribution < 1.29 is 14.7 Å². The van der Waals surface area contributed by atoms with E-state index in [2.05, 4.69) is 6.58 Å². The minimum atomic E-state index is -1.04. The molecule has 0 aliphatic carbocycles. The third kappa shape index (κ3) is 2.73. The van der Waals surface area contributed by atoms with Crippen LogP contribution in [0.5, 0.6) is 0 Å². The first kappa shape index (κ1) is 12.0. The Morgan fingerprint density at radius 2 is 2.31 bits per heavy atom. The van der Waals surface area contributed by atoms with Crippen LogP contribution >= 0.6 is 0 Å². The summed E-state index contributed by atoms with van der Waals surface area (Å²) in [6.07, 6.45) is 3.19. The van der Waals surface area contributed by atoms with Crippen LogP contribution in [0.3, 0.4) is 0 Å². The number of nitrogens with zero attached hydrogens (tertiary/aromatic N) is 2. The Balaban J connectivity index is 2.73. The van der Waals surface area contributed by atoms with E-state index in [0.29, 0.717) is 6.54 Å². The van der Waals surface area contributed by atoms with Crippen molar-refractivity contribution in [3.8, 4) is 0 Å². The number of carbonyl (C=O) groups is 2. The first-order valence-electron chi connectivity index (χ1n) is 4.79. The molecule has 0 saturated heterocycles. The van der Waals surface area contributed by atoms with Gasteiger partial charge in [-0.15, -0.1) is 6.58 Å². The molecule has 0 spiro atoms. The maximum Gasteiger partial charge on any atom is 0.352 e. The molecule has 1 aromatic rings. The largest absolute Gasteiger partial charge is 0.477 e. The van der Waals surface area contributed by atoms with E-state index in [-0.39, 0.29) is 18.1 Å². The summed E-state index contributed by atoms with van der Waals surface area (Å²) in [5.74, 6) is -1.19. The lowest BCUT2D eigenvalue weighted by atomic mass is 10.4. The summed E-state index contributed by atoms with van der Waals surface area (Å²) in [7, 11) is 1.65. The van der Waals surface area contributed by atoms with Gasteiger partial charge in [0.1, 0.15) is 12.2 Å². The first-order valence-corrected chi connectivity index (χ1v) is 4.79. The molecule has 1 aromatic heterocycles. The lowest BCUT2D eigenvalue weighted by Gasteiger charge is -2.15. The van der Waals surface area contributed by atoms with Gasteiger partial charge in [0, 0.05) is 19.8 Å². The highest BCUT2D eigenvalue weighted by molar-refractivity contribution is 5.86. The lowest BCUT2D eigenvalue weighted by molar-refractivity contribution is -0.130. The minimum Gasteiger partial charge on any atom is -0.477 e. The monoisotopic (exact) mass is 222 g/mol. The average Bonchev–Trinajstić information content (AvgIpc) is 2.66. The molecule has 86 valence electrons. The maximum absolute atomic E-state index is 11.6. The summed E-state index contributed by atoms with van der Waals surface area (Å²) >= 11 is 0. The van der Waals surface area contributed by atoms with Gasteiger partial charge in [0.2, 0.25) is 5.91 Å². The van der Waals surface area contributed by atoms with Crippen molar-refractivity contribution in [3.63, 3.8) is 0 Å². The number of carboxylic acids is 1. The molecular formula is C11H14N2O3. The second-order valence-corrected chi connectivity index (χ2v) is 3.39. The number of aromatic nitrogens is 1. The predicted octanol–water partition coefficient (Wildman–Crippen LogP) is 0.831. The zero-order valence-corrected chi connectivity index (χ0v) is 9.09. The Labute approximate surface area is 93.6 Å². The van der Waals surface area contributed by atoms with Crippen LogP contribution in [0.25, 0.3) is 0 Å². The van der Waals surface area contributed by atoms with Crippen molar-refractivity contribution in [2.24, 2.45) is 0 Å². The lowest BCUT2D eigenvalue weighted by Crippen LogP contribution is -2.30. The molecule has 0 fully saturated rings. The van der Waals surface area contributed by atoms with Gasteiger partial charge < -0.3 is 14.6 Å². The molecular weight excluding hydrogens is 208 g/mol. The van der Waals surface area contributed by atoms with Crippen LogP contribution in [0.4, 0.5) is 0 Å². The molecule has 0 saturated carbocycles. The SMILES string of the molecule is C=CCN(C)C(=O)Cn1cccc1C(=O)O. The molecule has 0 bridgehead atoms. The fourth-order valence-corrected chi connectivity index (χ4v) is 1.31. The molecule has 5 heteroatoms. The van der Waals surface area contributed by atoms with E-state index in [4.69, 9.17) is 5.11 Å². The number of hydrogen-bond acceptors (Lipinski definition) is 2. The summed E-state index contributed by atoms with van der Waals surface area (Å²) in [6.45, 7) is 4.00. The van der Waals surface area contributed by atoms with Gasteiger partial charge in [-0.1, -0.05) is 6.08 Å². The van der Waals surface area contributed by atoms with E-state index >= 15 is 0 Å². The first-order chi connectivity index (χ1) is 7.56. The summed E-state index contributed by atoms with van der Waals surface area (Å²) in [6, 6.07) is 3.06. The highest BCUT2D eigenvalue weighted by atomic mass is 16.4. The highest BCUT2D eigenvalue weighted by Gasteiger charge is 2.13. The number of aromatic carboxylic acids is 1. The van der Waals surface area contributed by atoms with Gasteiger partial charge >= 0.3 is 5.97 Å². The number of amides is 1.